The van der Waals surface area contributed by atoms with E-state index in [-0.39, 0.29) is 18.1 Å². The summed E-state index contributed by atoms with van der Waals surface area (Å²) in [5.74, 6) is -0.0831. The first-order valence-electron chi connectivity index (χ1n) is 9.00. The highest BCUT2D eigenvalue weighted by Crippen LogP contribution is 2.25. The monoisotopic (exact) mass is 347 g/mol. The molecule has 2 heterocycles. The van der Waals surface area contributed by atoms with Crippen LogP contribution in [-0.2, 0) is 0 Å². The van der Waals surface area contributed by atoms with Crippen molar-refractivity contribution in [3.63, 3.8) is 0 Å². The van der Waals surface area contributed by atoms with E-state index in [1.807, 2.05) is 42.5 Å². The van der Waals surface area contributed by atoms with E-state index in [9.17, 15) is 9.90 Å². The van der Waals surface area contributed by atoms with Crippen molar-refractivity contribution in [3.05, 3.63) is 60.4 Å². The van der Waals surface area contributed by atoms with Crippen molar-refractivity contribution in [2.45, 2.75) is 37.8 Å². The summed E-state index contributed by atoms with van der Waals surface area (Å²) in [4.78, 5) is 21.7. The summed E-state index contributed by atoms with van der Waals surface area (Å²) < 4.78 is 0. The Morgan fingerprint density at radius 1 is 1.04 bits per heavy atom. The molecular weight excluding hydrogens is 326 g/mol. The largest absolute Gasteiger partial charge is 0.393 e. The SMILES string of the molecule is O=C(NC1CCC(O)CC1)c1cc(-c2ccncc2)nc2ccccc12. The van der Waals surface area contributed by atoms with Crippen LogP contribution in [0.2, 0.25) is 0 Å². The maximum absolute atomic E-state index is 13.0. The summed E-state index contributed by atoms with van der Waals surface area (Å²) in [5.41, 5.74) is 3.12. The third-order valence-electron chi connectivity index (χ3n) is 4.97. The molecule has 5 heteroatoms. The van der Waals surface area contributed by atoms with E-state index in [2.05, 4.69) is 10.3 Å². The van der Waals surface area contributed by atoms with Crippen molar-refractivity contribution in [2.75, 3.05) is 0 Å². The Morgan fingerprint density at radius 3 is 2.54 bits per heavy atom. The van der Waals surface area contributed by atoms with Gasteiger partial charge in [-0.05, 0) is 49.9 Å². The summed E-state index contributed by atoms with van der Waals surface area (Å²) >= 11 is 0. The van der Waals surface area contributed by atoms with E-state index in [0.29, 0.717) is 5.56 Å². The van der Waals surface area contributed by atoms with Crippen molar-refractivity contribution < 1.29 is 9.90 Å². The molecule has 132 valence electrons. The molecule has 2 aromatic heterocycles. The first-order valence-corrected chi connectivity index (χ1v) is 9.00. The normalized spacial score (nSPS) is 20.0. The van der Waals surface area contributed by atoms with E-state index in [4.69, 9.17) is 4.98 Å². The van der Waals surface area contributed by atoms with Crippen LogP contribution in [0.4, 0.5) is 0 Å². The molecule has 1 saturated carbocycles. The number of nitrogens with zero attached hydrogens (tertiary/aromatic N) is 2. The number of fused-ring (bicyclic) bond motifs is 1. The molecule has 0 radical (unpaired) electrons. The first kappa shape index (κ1) is 16.7. The Hall–Kier alpha value is -2.79. The lowest BCUT2D eigenvalue weighted by Gasteiger charge is -2.26. The number of aliphatic hydroxyl groups is 1. The van der Waals surface area contributed by atoms with Gasteiger partial charge >= 0.3 is 0 Å². The predicted molar refractivity (Wildman–Crippen MR) is 101 cm³/mol. The van der Waals surface area contributed by atoms with Gasteiger partial charge in [-0.2, -0.15) is 0 Å². The molecule has 0 aliphatic heterocycles. The number of para-hydroxylation sites is 1. The molecule has 1 aliphatic carbocycles. The number of benzene rings is 1. The summed E-state index contributed by atoms with van der Waals surface area (Å²) in [7, 11) is 0. The minimum atomic E-state index is -0.233. The predicted octanol–water partition coefficient (Wildman–Crippen LogP) is 3.33. The van der Waals surface area contributed by atoms with Crippen LogP contribution < -0.4 is 5.32 Å². The zero-order valence-corrected chi connectivity index (χ0v) is 14.4. The van der Waals surface area contributed by atoms with Gasteiger partial charge in [0.2, 0.25) is 0 Å². The fourth-order valence-corrected chi connectivity index (χ4v) is 3.52. The van der Waals surface area contributed by atoms with Crippen LogP contribution in [0.5, 0.6) is 0 Å². The molecule has 1 amide bonds. The third-order valence-corrected chi connectivity index (χ3v) is 4.97. The standard InChI is InChI=1S/C21H21N3O2/c25-16-7-5-15(6-8-16)23-21(26)18-13-20(14-9-11-22-12-10-14)24-19-4-2-1-3-17(18)19/h1-4,9-13,15-16,25H,5-8H2,(H,23,26). The third kappa shape index (κ3) is 3.44. The second-order valence-electron chi connectivity index (χ2n) is 6.79. The fourth-order valence-electron chi connectivity index (χ4n) is 3.52. The second-order valence-corrected chi connectivity index (χ2v) is 6.79. The zero-order valence-electron chi connectivity index (χ0n) is 14.4. The number of rotatable bonds is 3. The lowest BCUT2D eigenvalue weighted by molar-refractivity contribution is 0.0869. The maximum Gasteiger partial charge on any atom is 0.252 e. The molecule has 4 rings (SSSR count). The van der Waals surface area contributed by atoms with Gasteiger partial charge in [-0.3, -0.25) is 9.78 Å². The lowest BCUT2D eigenvalue weighted by atomic mass is 9.93. The molecule has 1 fully saturated rings. The number of aromatic nitrogens is 2. The number of pyridine rings is 2. The minimum absolute atomic E-state index is 0.0831. The highest BCUT2D eigenvalue weighted by atomic mass is 16.3. The number of carbonyl (C=O) groups excluding carboxylic acids is 1. The van der Waals surface area contributed by atoms with Crippen LogP contribution in [0.3, 0.4) is 0 Å². The topological polar surface area (TPSA) is 75.1 Å². The summed E-state index contributed by atoms with van der Waals surface area (Å²) in [5, 5.41) is 13.6. The van der Waals surface area contributed by atoms with Crippen LogP contribution in [0.1, 0.15) is 36.0 Å². The van der Waals surface area contributed by atoms with E-state index < -0.39 is 0 Å². The average molecular weight is 347 g/mol. The van der Waals surface area contributed by atoms with Crippen LogP contribution in [0.25, 0.3) is 22.2 Å². The summed E-state index contributed by atoms with van der Waals surface area (Å²) in [6, 6.07) is 13.4. The zero-order chi connectivity index (χ0) is 17.9. The van der Waals surface area contributed by atoms with Gasteiger partial charge in [-0.15, -0.1) is 0 Å². The van der Waals surface area contributed by atoms with Crippen LogP contribution >= 0.6 is 0 Å². The number of amides is 1. The van der Waals surface area contributed by atoms with E-state index in [1.54, 1.807) is 12.4 Å². The number of nitrogens with one attached hydrogen (secondary N) is 1. The van der Waals surface area contributed by atoms with Crippen LogP contribution in [0.15, 0.2) is 54.9 Å². The number of carbonyl (C=O) groups is 1. The average Bonchev–Trinajstić information content (AvgIpc) is 2.69. The molecule has 1 aromatic carbocycles. The molecule has 0 spiro atoms. The molecular formula is C21H21N3O2. The molecule has 2 N–H and O–H groups in total. The van der Waals surface area contributed by atoms with Gasteiger partial charge in [-0.1, -0.05) is 18.2 Å². The van der Waals surface area contributed by atoms with Crippen LogP contribution in [0, 0.1) is 0 Å². The first-order chi connectivity index (χ1) is 12.7. The van der Waals surface area contributed by atoms with Crippen molar-refractivity contribution in [3.8, 4) is 11.3 Å². The summed E-state index contributed by atoms with van der Waals surface area (Å²) in [6.45, 7) is 0. The second kappa shape index (κ2) is 7.22. The Balaban J connectivity index is 1.70. The van der Waals surface area contributed by atoms with E-state index in [1.165, 1.54) is 0 Å². The molecule has 0 bridgehead atoms. The van der Waals surface area contributed by atoms with Gasteiger partial charge in [0.1, 0.15) is 0 Å². The molecule has 0 saturated heterocycles. The molecule has 1 aliphatic rings. The van der Waals surface area contributed by atoms with Crippen LogP contribution in [-0.4, -0.2) is 33.1 Å². The minimum Gasteiger partial charge on any atom is -0.393 e. The number of aliphatic hydroxyl groups excluding tert-OH is 1. The Kier molecular flexibility index (Phi) is 4.63. The van der Waals surface area contributed by atoms with Crippen molar-refractivity contribution in [1.29, 1.82) is 0 Å². The van der Waals surface area contributed by atoms with Crippen molar-refractivity contribution >= 4 is 16.8 Å². The molecule has 5 nitrogen and oxygen atoms in total. The van der Waals surface area contributed by atoms with Crippen molar-refractivity contribution in [2.24, 2.45) is 0 Å². The van der Waals surface area contributed by atoms with Gasteiger partial charge in [0.15, 0.2) is 0 Å². The van der Waals surface area contributed by atoms with Gasteiger partial charge < -0.3 is 10.4 Å². The van der Waals surface area contributed by atoms with Crippen molar-refractivity contribution in [1.82, 2.24) is 15.3 Å². The maximum atomic E-state index is 13.0. The Morgan fingerprint density at radius 2 is 1.77 bits per heavy atom. The fraction of sp³-hybridized carbons (Fsp3) is 0.286. The van der Waals surface area contributed by atoms with Gasteiger partial charge in [-0.25, -0.2) is 4.98 Å². The highest BCUT2D eigenvalue weighted by molar-refractivity contribution is 6.07. The molecule has 0 atom stereocenters. The lowest BCUT2D eigenvalue weighted by Crippen LogP contribution is -2.38. The Bertz CT molecular complexity index is 919. The van der Waals surface area contributed by atoms with Gasteiger partial charge in [0.25, 0.3) is 5.91 Å². The number of hydrogen-bond donors (Lipinski definition) is 2. The molecule has 26 heavy (non-hydrogen) atoms. The quantitative estimate of drug-likeness (QED) is 0.762. The van der Waals surface area contributed by atoms with Gasteiger partial charge in [0.05, 0.1) is 22.9 Å². The van der Waals surface area contributed by atoms with E-state index in [0.717, 1.165) is 47.8 Å². The van der Waals surface area contributed by atoms with E-state index >= 15 is 0 Å². The highest BCUT2D eigenvalue weighted by Gasteiger charge is 2.22. The smallest absolute Gasteiger partial charge is 0.252 e. The molecule has 0 unspecified atom stereocenters. The number of hydrogen-bond acceptors (Lipinski definition) is 4. The van der Waals surface area contributed by atoms with Gasteiger partial charge in [0, 0.05) is 29.4 Å². The summed E-state index contributed by atoms with van der Waals surface area (Å²) in [6.07, 6.45) is 6.32. The Labute approximate surface area is 152 Å². The molecule has 3 aromatic rings.